The molecule has 142 valence electrons. The van der Waals surface area contributed by atoms with Crippen LogP contribution in [0.3, 0.4) is 0 Å². The van der Waals surface area contributed by atoms with E-state index in [9.17, 15) is 4.79 Å². The summed E-state index contributed by atoms with van der Waals surface area (Å²) in [6.07, 6.45) is -0.527. The molecule has 0 spiro atoms. The molecule has 4 rings (SSSR count). The normalized spacial score (nSPS) is 17.6. The standard InChI is InChI=1S/C21H24N2O4/c1-16(27-18-7-8-19-20(13-18)26-15-25-19)21(24)23-11-9-22(10-12-23)14-17-5-3-2-4-6-17/h2-8,13,16H,9-12,14-15H2,1H3/p+1/t16-/m1/s1. The number of nitrogens with one attached hydrogen (secondary N) is 1. The van der Waals surface area contributed by atoms with Crippen molar-refractivity contribution in [3.05, 3.63) is 54.1 Å². The van der Waals surface area contributed by atoms with Crippen molar-refractivity contribution in [3.63, 3.8) is 0 Å². The molecule has 6 heteroatoms. The summed E-state index contributed by atoms with van der Waals surface area (Å²) in [5, 5.41) is 0. The molecule has 2 aliphatic heterocycles. The lowest BCUT2D eigenvalue weighted by Gasteiger charge is -2.33. The molecule has 1 saturated heterocycles. The first-order valence-corrected chi connectivity index (χ1v) is 9.41. The average Bonchev–Trinajstić information content (AvgIpc) is 3.16. The van der Waals surface area contributed by atoms with E-state index in [1.54, 1.807) is 25.1 Å². The molecule has 0 unspecified atom stereocenters. The Morgan fingerprint density at radius 3 is 2.63 bits per heavy atom. The molecule has 1 amide bonds. The highest BCUT2D eigenvalue weighted by Crippen LogP contribution is 2.35. The number of hydrogen-bond donors (Lipinski definition) is 1. The van der Waals surface area contributed by atoms with Gasteiger partial charge in [0.05, 0.1) is 26.2 Å². The number of nitrogens with zero attached hydrogens (tertiary/aromatic N) is 1. The van der Waals surface area contributed by atoms with Gasteiger partial charge in [-0.3, -0.25) is 4.79 Å². The van der Waals surface area contributed by atoms with Crippen LogP contribution in [0.4, 0.5) is 0 Å². The molecule has 6 nitrogen and oxygen atoms in total. The van der Waals surface area contributed by atoms with E-state index in [2.05, 4.69) is 24.3 Å². The van der Waals surface area contributed by atoms with Crippen molar-refractivity contribution < 1.29 is 23.9 Å². The molecule has 0 aliphatic carbocycles. The van der Waals surface area contributed by atoms with Gasteiger partial charge in [-0.2, -0.15) is 0 Å². The Labute approximate surface area is 159 Å². The van der Waals surface area contributed by atoms with Gasteiger partial charge >= 0.3 is 0 Å². The number of fused-ring (bicyclic) bond motifs is 1. The van der Waals surface area contributed by atoms with Gasteiger partial charge in [0.2, 0.25) is 6.79 Å². The molecule has 1 N–H and O–H groups in total. The van der Waals surface area contributed by atoms with Crippen LogP contribution in [-0.2, 0) is 11.3 Å². The van der Waals surface area contributed by atoms with Crippen molar-refractivity contribution in [3.8, 4) is 17.2 Å². The van der Waals surface area contributed by atoms with E-state index in [0.29, 0.717) is 17.2 Å². The Morgan fingerprint density at radius 1 is 1.11 bits per heavy atom. The van der Waals surface area contributed by atoms with E-state index >= 15 is 0 Å². The first-order valence-electron chi connectivity index (χ1n) is 9.41. The zero-order chi connectivity index (χ0) is 18.6. The van der Waals surface area contributed by atoms with Gasteiger partial charge in [-0.15, -0.1) is 0 Å². The Bertz CT molecular complexity index is 788. The zero-order valence-corrected chi connectivity index (χ0v) is 15.5. The van der Waals surface area contributed by atoms with Crippen LogP contribution in [0, 0.1) is 0 Å². The second-order valence-corrected chi connectivity index (χ2v) is 7.01. The van der Waals surface area contributed by atoms with Gasteiger partial charge in [0, 0.05) is 11.6 Å². The maximum absolute atomic E-state index is 12.7. The third-order valence-electron chi connectivity index (χ3n) is 5.08. The Hall–Kier alpha value is -2.73. The average molecular weight is 369 g/mol. The summed E-state index contributed by atoms with van der Waals surface area (Å²) in [6.45, 7) is 6.46. The molecule has 27 heavy (non-hydrogen) atoms. The van der Waals surface area contributed by atoms with Gasteiger partial charge in [0.1, 0.15) is 12.3 Å². The molecular weight excluding hydrogens is 344 g/mol. The second kappa shape index (κ2) is 7.88. The molecule has 2 aromatic rings. The van der Waals surface area contributed by atoms with Crippen LogP contribution >= 0.6 is 0 Å². The van der Waals surface area contributed by atoms with Crippen molar-refractivity contribution in [2.45, 2.75) is 19.6 Å². The third-order valence-corrected chi connectivity index (χ3v) is 5.08. The number of hydrogen-bond acceptors (Lipinski definition) is 4. The molecule has 0 saturated carbocycles. The highest BCUT2D eigenvalue weighted by molar-refractivity contribution is 5.81. The van der Waals surface area contributed by atoms with Crippen molar-refractivity contribution in [2.24, 2.45) is 0 Å². The highest BCUT2D eigenvalue weighted by atomic mass is 16.7. The van der Waals surface area contributed by atoms with Crippen molar-refractivity contribution in [1.82, 2.24) is 4.90 Å². The molecule has 0 bridgehead atoms. The summed E-state index contributed by atoms with van der Waals surface area (Å²) in [5.41, 5.74) is 1.34. The molecule has 1 fully saturated rings. The van der Waals surface area contributed by atoms with Gasteiger partial charge in [-0.25, -0.2) is 0 Å². The fraction of sp³-hybridized carbons (Fsp3) is 0.381. The number of quaternary nitrogens is 1. The lowest BCUT2D eigenvalue weighted by Crippen LogP contribution is -3.13. The van der Waals surface area contributed by atoms with Gasteiger partial charge in [-0.1, -0.05) is 30.3 Å². The van der Waals surface area contributed by atoms with Crippen LogP contribution in [0.1, 0.15) is 12.5 Å². The summed E-state index contributed by atoms with van der Waals surface area (Å²) >= 11 is 0. The predicted molar refractivity (Wildman–Crippen MR) is 100 cm³/mol. The number of piperazine rings is 1. The van der Waals surface area contributed by atoms with Crippen LogP contribution < -0.4 is 19.1 Å². The Balaban J connectivity index is 1.28. The summed E-state index contributed by atoms with van der Waals surface area (Å²) < 4.78 is 16.5. The molecular formula is C21H25N2O4+. The monoisotopic (exact) mass is 369 g/mol. The minimum atomic E-state index is -0.527. The lowest BCUT2D eigenvalue weighted by atomic mass is 10.2. The molecule has 2 heterocycles. The van der Waals surface area contributed by atoms with E-state index in [0.717, 1.165) is 32.7 Å². The molecule has 0 aromatic heterocycles. The summed E-state index contributed by atoms with van der Waals surface area (Å²) in [5.74, 6) is 2.02. The summed E-state index contributed by atoms with van der Waals surface area (Å²) in [6, 6.07) is 15.9. The Kier molecular flexibility index (Phi) is 5.16. The number of benzene rings is 2. The lowest BCUT2D eigenvalue weighted by molar-refractivity contribution is -0.917. The number of rotatable bonds is 5. The molecule has 2 aliphatic rings. The van der Waals surface area contributed by atoms with Gasteiger partial charge in [-0.05, 0) is 19.1 Å². The first kappa shape index (κ1) is 17.7. The highest BCUT2D eigenvalue weighted by Gasteiger charge is 2.28. The molecule has 2 aromatic carbocycles. The quantitative estimate of drug-likeness (QED) is 0.858. The van der Waals surface area contributed by atoms with Crippen molar-refractivity contribution >= 4 is 5.91 Å². The van der Waals surface area contributed by atoms with Crippen LogP contribution in [0.5, 0.6) is 17.2 Å². The zero-order valence-electron chi connectivity index (χ0n) is 15.5. The Morgan fingerprint density at radius 2 is 1.85 bits per heavy atom. The predicted octanol–water partition coefficient (Wildman–Crippen LogP) is 1.11. The van der Waals surface area contributed by atoms with Crippen molar-refractivity contribution in [1.29, 1.82) is 0 Å². The topological polar surface area (TPSA) is 52.4 Å². The van der Waals surface area contributed by atoms with Crippen molar-refractivity contribution in [2.75, 3.05) is 33.0 Å². The van der Waals surface area contributed by atoms with E-state index in [1.165, 1.54) is 10.5 Å². The number of amides is 1. The summed E-state index contributed by atoms with van der Waals surface area (Å²) in [7, 11) is 0. The number of carbonyl (C=O) groups excluding carboxylic acids is 1. The van der Waals surface area contributed by atoms with Gasteiger partial charge in [0.15, 0.2) is 17.6 Å². The minimum Gasteiger partial charge on any atom is -0.481 e. The summed E-state index contributed by atoms with van der Waals surface area (Å²) in [4.78, 5) is 16.2. The second-order valence-electron chi connectivity index (χ2n) is 7.01. The first-order chi connectivity index (χ1) is 13.2. The van der Waals surface area contributed by atoms with E-state index in [4.69, 9.17) is 14.2 Å². The maximum Gasteiger partial charge on any atom is 0.263 e. The van der Waals surface area contributed by atoms with E-state index < -0.39 is 6.10 Å². The van der Waals surface area contributed by atoms with Crippen LogP contribution in [-0.4, -0.2) is 49.9 Å². The van der Waals surface area contributed by atoms with E-state index in [-0.39, 0.29) is 12.7 Å². The smallest absolute Gasteiger partial charge is 0.263 e. The minimum absolute atomic E-state index is 0.0337. The van der Waals surface area contributed by atoms with E-state index in [1.807, 2.05) is 11.0 Å². The van der Waals surface area contributed by atoms with Crippen LogP contribution in [0.2, 0.25) is 0 Å². The van der Waals surface area contributed by atoms with Crippen LogP contribution in [0.15, 0.2) is 48.5 Å². The van der Waals surface area contributed by atoms with Gasteiger partial charge < -0.3 is 24.0 Å². The SMILES string of the molecule is C[C@@H](Oc1ccc2c(c1)OCO2)C(=O)N1CC[NH+](Cc2ccccc2)CC1. The third kappa shape index (κ3) is 4.17. The molecule has 0 radical (unpaired) electrons. The molecule has 1 atom stereocenters. The fourth-order valence-corrected chi connectivity index (χ4v) is 3.57. The fourth-order valence-electron chi connectivity index (χ4n) is 3.57. The van der Waals surface area contributed by atoms with Gasteiger partial charge in [0.25, 0.3) is 5.91 Å². The largest absolute Gasteiger partial charge is 0.481 e. The number of ether oxygens (including phenoxy) is 3. The number of carbonyl (C=O) groups is 1. The maximum atomic E-state index is 12.7. The van der Waals surface area contributed by atoms with Crippen LogP contribution in [0.25, 0.3) is 0 Å².